The van der Waals surface area contributed by atoms with Gasteiger partial charge >= 0.3 is 0 Å². The molecule has 2 nitrogen and oxygen atoms in total. The summed E-state index contributed by atoms with van der Waals surface area (Å²) in [5.41, 5.74) is 6.96. The lowest BCUT2D eigenvalue weighted by Gasteiger charge is -2.25. The van der Waals surface area contributed by atoms with E-state index in [2.05, 4.69) is 71.3 Å². The minimum atomic E-state index is -0.411. The monoisotopic (exact) mass is 491 g/mol. The maximum atomic E-state index is 8.63. The Morgan fingerprint density at radius 2 is 1.08 bits per heavy atom. The topological polar surface area (TPSA) is 8.17 Å². The quantitative estimate of drug-likeness (QED) is 0.233. The number of benzene rings is 6. The Balaban J connectivity index is 1.35. The van der Waals surface area contributed by atoms with Crippen LogP contribution in [0, 0.1) is 0 Å². The Kier molecular flexibility index (Phi) is 4.31. The van der Waals surface area contributed by atoms with Crippen LogP contribution >= 0.6 is 0 Å². The van der Waals surface area contributed by atoms with E-state index in [9.17, 15) is 0 Å². The van der Waals surface area contributed by atoms with Crippen molar-refractivity contribution in [1.29, 1.82) is 0 Å². The first kappa shape index (κ1) is 17.4. The van der Waals surface area contributed by atoms with Crippen LogP contribution in [0.3, 0.4) is 0 Å². The molecule has 1 aromatic heterocycles. The Labute approximate surface area is 229 Å². The Morgan fingerprint density at radius 3 is 1.84 bits per heavy atom. The Bertz CT molecular complexity index is 2090. The Hall–Kier alpha value is -5.08. The molecule has 7 aromatic rings. The summed E-state index contributed by atoms with van der Waals surface area (Å²) in [6, 6.07) is 40.9. The molecule has 0 aliphatic carbocycles. The predicted octanol–water partition coefficient (Wildman–Crippen LogP) is 9.92. The van der Waals surface area contributed by atoms with Crippen LogP contribution in [0.2, 0.25) is 0 Å². The molecule has 2 heteroatoms. The second-order valence-corrected chi connectivity index (χ2v) is 9.11. The first-order valence-corrected chi connectivity index (χ1v) is 12.5. The highest BCUT2D eigenvalue weighted by Gasteiger charge is 2.14. The van der Waals surface area contributed by atoms with Crippen molar-refractivity contribution >= 4 is 38.9 Å². The summed E-state index contributed by atoms with van der Waals surface area (Å²) < 4.78 is 44.1. The van der Waals surface area contributed by atoms with Crippen LogP contribution in [0.25, 0.3) is 38.6 Å². The minimum Gasteiger partial charge on any atom is -0.311 e. The van der Waals surface area contributed by atoms with Gasteiger partial charge in [-0.1, -0.05) is 90.9 Å². The van der Waals surface area contributed by atoms with Crippen LogP contribution in [0.15, 0.2) is 158 Å². The van der Waals surface area contributed by atoms with Crippen molar-refractivity contribution in [3.8, 4) is 16.8 Å². The van der Waals surface area contributed by atoms with E-state index < -0.39 is 6.04 Å². The van der Waals surface area contributed by atoms with Gasteiger partial charge in [0.15, 0.2) is 0 Å². The molecule has 38 heavy (non-hydrogen) atoms. The fraction of sp³-hybridized carbons (Fsp3) is 0. The molecule has 6 aromatic carbocycles. The molecule has 0 atom stereocenters. The highest BCUT2D eigenvalue weighted by Crippen LogP contribution is 2.37. The number of aromatic nitrogens is 1. The second kappa shape index (κ2) is 9.42. The van der Waals surface area contributed by atoms with Crippen LogP contribution < -0.4 is 4.90 Å². The maximum absolute atomic E-state index is 8.63. The lowest BCUT2D eigenvalue weighted by Crippen LogP contribution is -2.09. The first-order valence-electron chi connectivity index (χ1n) is 15.0. The summed E-state index contributed by atoms with van der Waals surface area (Å²) in [5.74, 6) is 0. The predicted molar refractivity (Wildman–Crippen MR) is 161 cm³/mol. The highest BCUT2D eigenvalue weighted by molar-refractivity contribution is 6.10. The number of fused-ring (bicyclic) bond motifs is 3. The molecule has 0 bridgehead atoms. The molecule has 0 saturated carbocycles. The number of para-hydroxylation sites is 4. The molecule has 0 radical (unpaired) electrons. The smallest absolute Gasteiger partial charge is 0.0645 e. The van der Waals surface area contributed by atoms with E-state index >= 15 is 0 Å². The van der Waals surface area contributed by atoms with E-state index in [1.807, 2.05) is 60.7 Å². The summed E-state index contributed by atoms with van der Waals surface area (Å²) in [6.07, 6.45) is 0. The van der Waals surface area contributed by atoms with Gasteiger partial charge in [-0.25, -0.2) is 0 Å². The molecule has 0 unspecified atom stereocenters. The van der Waals surface area contributed by atoms with Crippen LogP contribution in [0.4, 0.5) is 17.1 Å². The van der Waals surface area contributed by atoms with Crippen molar-refractivity contribution in [2.24, 2.45) is 0 Å². The van der Waals surface area contributed by atoms with Crippen molar-refractivity contribution in [2.45, 2.75) is 0 Å². The van der Waals surface area contributed by atoms with Gasteiger partial charge in [0, 0.05) is 33.5 Å². The van der Waals surface area contributed by atoms with Crippen molar-refractivity contribution in [3.05, 3.63) is 158 Å². The van der Waals surface area contributed by atoms with Crippen molar-refractivity contribution in [3.63, 3.8) is 0 Å². The fourth-order valence-electron chi connectivity index (χ4n) is 5.15. The summed E-state index contributed by atoms with van der Waals surface area (Å²) in [7, 11) is 0. The van der Waals surface area contributed by atoms with Crippen LogP contribution in [-0.4, -0.2) is 4.57 Å². The molecule has 0 saturated heterocycles. The summed E-state index contributed by atoms with van der Waals surface area (Å²) in [6.45, 7) is 0. The molecule has 7 rings (SSSR count). The van der Waals surface area contributed by atoms with E-state index in [1.165, 1.54) is 5.39 Å². The van der Waals surface area contributed by atoms with E-state index in [-0.39, 0.29) is 29.9 Å². The molecule has 0 N–H and O–H groups in total. The van der Waals surface area contributed by atoms with Crippen LogP contribution in [0.1, 0.15) is 6.85 Å². The standard InChI is InChI=1S/C36H26N2/c1-4-12-29(13-5-1)37(30-14-6-2-7-15-30)32-23-20-27(21-24-32)28-22-25-36-34(26-28)33-18-10-11-19-35(33)38(36)31-16-8-3-9-17-31/h1-26H/i1D,4D,5D,12D,13D. The molecule has 1 heterocycles. The molecule has 0 spiro atoms. The Morgan fingerprint density at radius 1 is 0.474 bits per heavy atom. The molecular weight excluding hydrogens is 460 g/mol. The van der Waals surface area contributed by atoms with Gasteiger partial charge in [0.1, 0.15) is 0 Å². The van der Waals surface area contributed by atoms with E-state index in [0.717, 1.165) is 33.2 Å². The van der Waals surface area contributed by atoms with Gasteiger partial charge in [-0.3, -0.25) is 0 Å². The largest absolute Gasteiger partial charge is 0.311 e. The second-order valence-electron chi connectivity index (χ2n) is 9.11. The van der Waals surface area contributed by atoms with Crippen molar-refractivity contribution in [2.75, 3.05) is 4.90 Å². The third-order valence-corrected chi connectivity index (χ3v) is 6.87. The van der Waals surface area contributed by atoms with E-state index in [0.29, 0.717) is 11.4 Å². The van der Waals surface area contributed by atoms with Gasteiger partial charge in [0.05, 0.1) is 17.9 Å². The normalized spacial score (nSPS) is 13.0. The number of hydrogen-bond acceptors (Lipinski definition) is 1. The molecule has 180 valence electrons. The maximum Gasteiger partial charge on any atom is 0.0645 e. The summed E-state index contributed by atoms with van der Waals surface area (Å²) in [5, 5.41) is 2.34. The summed E-state index contributed by atoms with van der Waals surface area (Å²) >= 11 is 0. The first-order chi connectivity index (χ1) is 20.9. The van der Waals surface area contributed by atoms with Crippen molar-refractivity contribution < 1.29 is 6.85 Å². The zero-order valence-electron chi connectivity index (χ0n) is 25.5. The number of rotatable bonds is 5. The van der Waals surface area contributed by atoms with Gasteiger partial charge in [-0.15, -0.1) is 0 Å². The molecule has 0 aliphatic rings. The molecule has 0 amide bonds. The lowest BCUT2D eigenvalue weighted by molar-refractivity contribution is 1.18. The SMILES string of the molecule is [2H]c1c([2H])c([2H])c(N(c2ccccc2)c2ccc(-c3ccc4c(c3)c3ccccc3n4-c3ccccc3)cc2)c([2H])c1[2H]. The average Bonchev–Trinajstić information content (AvgIpc) is 3.39. The van der Waals surface area contributed by atoms with E-state index in [1.54, 1.807) is 4.90 Å². The van der Waals surface area contributed by atoms with Crippen molar-refractivity contribution in [1.82, 2.24) is 4.57 Å². The summed E-state index contributed by atoms with van der Waals surface area (Å²) in [4.78, 5) is 1.72. The average molecular weight is 492 g/mol. The highest BCUT2D eigenvalue weighted by atomic mass is 15.1. The zero-order chi connectivity index (χ0) is 29.7. The number of hydrogen-bond donors (Lipinski definition) is 0. The van der Waals surface area contributed by atoms with Gasteiger partial charge in [0.2, 0.25) is 0 Å². The van der Waals surface area contributed by atoms with E-state index in [4.69, 9.17) is 6.85 Å². The molecule has 0 fully saturated rings. The van der Waals surface area contributed by atoms with Crippen LogP contribution in [-0.2, 0) is 0 Å². The zero-order valence-corrected chi connectivity index (χ0v) is 20.5. The van der Waals surface area contributed by atoms with Gasteiger partial charge in [0.25, 0.3) is 0 Å². The van der Waals surface area contributed by atoms with Crippen LogP contribution in [0.5, 0.6) is 0 Å². The third kappa shape index (κ3) is 3.84. The van der Waals surface area contributed by atoms with Gasteiger partial charge < -0.3 is 9.47 Å². The third-order valence-electron chi connectivity index (χ3n) is 6.87. The lowest BCUT2D eigenvalue weighted by atomic mass is 10.0. The number of anilines is 3. The fourth-order valence-corrected chi connectivity index (χ4v) is 5.15. The molecular formula is C36H26N2. The number of nitrogens with zero attached hydrogens (tertiary/aromatic N) is 2. The van der Waals surface area contributed by atoms with Gasteiger partial charge in [-0.05, 0) is 77.8 Å². The van der Waals surface area contributed by atoms with Gasteiger partial charge in [-0.2, -0.15) is 0 Å². The molecule has 0 aliphatic heterocycles. The minimum absolute atomic E-state index is 0.111.